The molecule has 202 valence electrons. The Morgan fingerprint density at radius 3 is 2.36 bits per heavy atom. The quantitative estimate of drug-likeness (QED) is 0.511. The lowest BCUT2D eigenvalue weighted by molar-refractivity contribution is -0.142. The summed E-state index contributed by atoms with van der Waals surface area (Å²) in [5.74, 6) is -1.28. The van der Waals surface area contributed by atoms with Crippen LogP contribution in [0.15, 0.2) is 77.7 Å². The molecule has 2 aliphatic rings. The van der Waals surface area contributed by atoms with Gasteiger partial charge in [0.25, 0.3) is 11.5 Å². The topological polar surface area (TPSA) is 109 Å². The molecular formula is C31H33N3O5. The van der Waals surface area contributed by atoms with Crippen LogP contribution in [0.5, 0.6) is 0 Å². The van der Waals surface area contributed by atoms with E-state index < -0.39 is 11.4 Å². The van der Waals surface area contributed by atoms with E-state index in [2.05, 4.69) is 5.32 Å². The minimum atomic E-state index is -1.13. The molecule has 0 saturated carbocycles. The van der Waals surface area contributed by atoms with Crippen molar-refractivity contribution in [3.8, 4) is 0 Å². The van der Waals surface area contributed by atoms with Crippen molar-refractivity contribution < 1.29 is 19.5 Å². The number of carbonyl (C=O) groups is 3. The lowest BCUT2D eigenvalue weighted by atomic mass is 9.62. The maximum atomic E-state index is 13.4. The number of piperidine rings is 1. The van der Waals surface area contributed by atoms with Crippen LogP contribution < -0.4 is 10.9 Å². The third-order valence-electron chi connectivity index (χ3n) is 8.33. The minimum Gasteiger partial charge on any atom is -0.480 e. The van der Waals surface area contributed by atoms with Gasteiger partial charge in [0.2, 0.25) is 5.91 Å². The van der Waals surface area contributed by atoms with E-state index in [9.17, 15) is 24.3 Å². The van der Waals surface area contributed by atoms with E-state index in [-0.39, 0.29) is 34.9 Å². The number of aliphatic carboxylic acids is 1. The van der Waals surface area contributed by atoms with Gasteiger partial charge in [-0.15, -0.1) is 0 Å². The fourth-order valence-corrected chi connectivity index (χ4v) is 6.15. The first-order valence-corrected chi connectivity index (χ1v) is 13.4. The molecule has 0 spiro atoms. The Labute approximate surface area is 227 Å². The molecule has 2 heterocycles. The second-order valence-electron chi connectivity index (χ2n) is 10.6. The predicted octanol–water partition coefficient (Wildman–Crippen LogP) is 3.44. The fraction of sp³-hybridized carbons (Fsp3) is 0.355. The highest BCUT2D eigenvalue weighted by Gasteiger charge is 2.47. The maximum absolute atomic E-state index is 13.4. The Morgan fingerprint density at radius 2 is 1.64 bits per heavy atom. The van der Waals surface area contributed by atoms with Crippen molar-refractivity contribution >= 4 is 17.8 Å². The monoisotopic (exact) mass is 527 g/mol. The third-order valence-corrected chi connectivity index (χ3v) is 8.33. The summed E-state index contributed by atoms with van der Waals surface area (Å²) >= 11 is 0. The summed E-state index contributed by atoms with van der Waals surface area (Å²) in [6.45, 7) is 1.04. The SMILES string of the molecule is Cn1cccc(C(=O)NC2CCN(C(=O)C[C@@H]3CC[C@](C(=O)O)(c4ccccc4)c4ccccc43)CC2)c1=O. The second-order valence-corrected chi connectivity index (χ2v) is 10.6. The van der Waals surface area contributed by atoms with E-state index in [1.807, 2.05) is 59.5 Å². The Hall–Kier alpha value is -4.20. The van der Waals surface area contributed by atoms with E-state index in [1.54, 1.807) is 19.3 Å². The number of amides is 2. The Balaban J connectivity index is 1.25. The van der Waals surface area contributed by atoms with Crippen molar-refractivity contribution in [2.45, 2.75) is 49.5 Å². The average molecular weight is 528 g/mol. The molecule has 1 fully saturated rings. The molecule has 1 aromatic heterocycles. The first-order chi connectivity index (χ1) is 18.8. The largest absolute Gasteiger partial charge is 0.480 e. The van der Waals surface area contributed by atoms with Gasteiger partial charge in [-0.3, -0.25) is 19.2 Å². The highest BCUT2D eigenvalue weighted by Crippen LogP contribution is 2.48. The van der Waals surface area contributed by atoms with Crippen LogP contribution >= 0.6 is 0 Å². The highest BCUT2D eigenvalue weighted by molar-refractivity contribution is 5.94. The van der Waals surface area contributed by atoms with E-state index in [0.29, 0.717) is 45.2 Å². The number of carbonyl (C=O) groups excluding carboxylic acids is 2. The van der Waals surface area contributed by atoms with Crippen molar-refractivity contribution in [3.63, 3.8) is 0 Å². The average Bonchev–Trinajstić information content (AvgIpc) is 2.95. The number of hydrogen-bond donors (Lipinski definition) is 2. The third kappa shape index (κ3) is 4.99. The predicted molar refractivity (Wildman–Crippen MR) is 147 cm³/mol. The first-order valence-electron chi connectivity index (χ1n) is 13.4. The molecule has 2 atom stereocenters. The van der Waals surface area contributed by atoms with Gasteiger partial charge in [0.1, 0.15) is 11.0 Å². The van der Waals surface area contributed by atoms with Gasteiger partial charge in [0.15, 0.2) is 0 Å². The molecule has 1 aliphatic heterocycles. The van der Waals surface area contributed by atoms with Crippen LogP contribution in [0.3, 0.4) is 0 Å². The maximum Gasteiger partial charge on any atom is 0.318 e. The number of hydrogen-bond acceptors (Lipinski definition) is 4. The van der Waals surface area contributed by atoms with Gasteiger partial charge in [-0.1, -0.05) is 54.6 Å². The van der Waals surface area contributed by atoms with Gasteiger partial charge in [-0.05, 0) is 60.4 Å². The Bertz CT molecular complexity index is 1440. The summed E-state index contributed by atoms with van der Waals surface area (Å²) in [4.78, 5) is 52.8. The lowest BCUT2D eigenvalue weighted by Gasteiger charge is -2.40. The number of aromatic nitrogens is 1. The van der Waals surface area contributed by atoms with Crippen LogP contribution in [0, 0.1) is 0 Å². The van der Waals surface area contributed by atoms with Crippen molar-refractivity contribution in [3.05, 3.63) is 106 Å². The van der Waals surface area contributed by atoms with E-state index in [1.165, 1.54) is 10.6 Å². The molecule has 8 heteroatoms. The number of nitrogens with one attached hydrogen (secondary N) is 1. The van der Waals surface area contributed by atoms with Gasteiger partial charge >= 0.3 is 5.97 Å². The van der Waals surface area contributed by atoms with Crippen LogP contribution in [-0.2, 0) is 22.1 Å². The van der Waals surface area contributed by atoms with Crippen molar-refractivity contribution in [2.24, 2.45) is 7.05 Å². The minimum absolute atomic E-state index is 0.0408. The second kappa shape index (κ2) is 10.9. The van der Waals surface area contributed by atoms with Crippen molar-refractivity contribution in [2.75, 3.05) is 13.1 Å². The number of pyridine rings is 1. The molecule has 1 saturated heterocycles. The van der Waals surface area contributed by atoms with Gasteiger partial charge in [-0.25, -0.2) is 0 Å². The Kier molecular flexibility index (Phi) is 7.37. The Morgan fingerprint density at radius 1 is 0.949 bits per heavy atom. The summed E-state index contributed by atoms with van der Waals surface area (Å²) < 4.78 is 1.37. The van der Waals surface area contributed by atoms with Gasteiger partial charge < -0.3 is 19.9 Å². The van der Waals surface area contributed by atoms with Gasteiger partial charge in [0.05, 0.1) is 0 Å². The van der Waals surface area contributed by atoms with Crippen molar-refractivity contribution in [1.82, 2.24) is 14.8 Å². The summed E-state index contributed by atoms with van der Waals surface area (Å²) in [6.07, 6.45) is 4.18. The number of carboxylic acids is 1. The highest BCUT2D eigenvalue weighted by atomic mass is 16.4. The standard InChI is InChI=1S/C31H33N3O5/c1-33-17-7-11-25(29(33)37)28(36)32-23-14-18-34(19-15-23)27(35)20-21-13-16-31(30(38)39,22-8-3-2-4-9-22)26-12-6-5-10-24(21)26/h2-12,17,21,23H,13-16,18-20H2,1H3,(H,32,36)(H,38,39)/t21-,31-/m0/s1. The molecule has 0 radical (unpaired) electrons. The van der Waals surface area contributed by atoms with E-state index in [0.717, 1.165) is 16.7 Å². The molecule has 0 bridgehead atoms. The fourth-order valence-electron chi connectivity index (χ4n) is 6.15. The number of benzene rings is 2. The molecule has 39 heavy (non-hydrogen) atoms. The molecular weight excluding hydrogens is 494 g/mol. The van der Waals surface area contributed by atoms with Crippen molar-refractivity contribution in [1.29, 1.82) is 0 Å². The van der Waals surface area contributed by atoms with Crippen LogP contribution in [0.4, 0.5) is 0 Å². The summed E-state index contributed by atoms with van der Waals surface area (Å²) in [5, 5.41) is 13.4. The molecule has 3 aromatic rings. The number of rotatable bonds is 6. The summed E-state index contributed by atoms with van der Waals surface area (Å²) in [5.41, 5.74) is 1.09. The molecule has 8 nitrogen and oxygen atoms in total. The molecule has 2 aromatic carbocycles. The van der Waals surface area contributed by atoms with E-state index >= 15 is 0 Å². The normalized spacial score (nSPS) is 21.2. The molecule has 5 rings (SSSR count). The van der Waals surface area contributed by atoms with E-state index in [4.69, 9.17) is 0 Å². The summed E-state index contributed by atoms with van der Waals surface area (Å²) in [6, 6.07) is 20.1. The van der Waals surface area contributed by atoms with Crippen LogP contribution in [0.1, 0.15) is 65.1 Å². The molecule has 2 amide bonds. The molecule has 1 aliphatic carbocycles. The number of carboxylic acid groups (broad SMARTS) is 1. The number of likely N-dealkylation sites (tertiary alicyclic amines) is 1. The smallest absolute Gasteiger partial charge is 0.318 e. The van der Waals surface area contributed by atoms with Crippen LogP contribution in [-0.4, -0.2) is 51.5 Å². The lowest BCUT2D eigenvalue weighted by Crippen LogP contribution is -2.48. The number of nitrogens with zero attached hydrogens (tertiary/aromatic N) is 2. The molecule has 2 N–H and O–H groups in total. The zero-order valence-corrected chi connectivity index (χ0v) is 22.0. The summed E-state index contributed by atoms with van der Waals surface area (Å²) in [7, 11) is 1.61. The molecule has 0 unspecified atom stereocenters. The van der Waals surface area contributed by atoms with Gasteiger partial charge in [-0.2, -0.15) is 0 Å². The zero-order valence-electron chi connectivity index (χ0n) is 22.0. The van der Waals surface area contributed by atoms with Gasteiger partial charge in [0, 0.05) is 38.8 Å². The number of aryl methyl sites for hydroxylation is 1. The number of fused-ring (bicyclic) bond motifs is 1. The van der Waals surface area contributed by atoms with Crippen LogP contribution in [0.2, 0.25) is 0 Å². The van der Waals surface area contributed by atoms with Crippen LogP contribution in [0.25, 0.3) is 0 Å². The zero-order chi connectivity index (χ0) is 27.6. The first kappa shape index (κ1) is 26.4.